The lowest BCUT2D eigenvalue weighted by molar-refractivity contribution is -0.174. The van der Waals surface area contributed by atoms with Gasteiger partial charge in [0.25, 0.3) is 0 Å². The van der Waals surface area contributed by atoms with Crippen LogP contribution >= 0.6 is 15.9 Å². The number of nitrogens with zero attached hydrogens (tertiary/aromatic N) is 1. The Balaban J connectivity index is 3.25. The number of rotatable bonds is 6. The van der Waals surface area contributed by atoms with Crippen molar-refractivity contribution in [3.05, 3.63) is 0 Å². The fourth-order valence-electron chi connectivity index (χ4n) is 0.664. The number of halogens is 4. The van der Waals surface area contributed by atoms with E-state index in [1.54, 1.807) is 0 Å². The van der Waals surface area contributed by atoms with Crippen molar-refractivity contribution in [1.29, 1.82) is 0 Å². The van der Waals surface area contributed by atoms with Crippen molar-refractivity contribution in [2.75, 3.05) is 38.7 Å². The quantitative estimate of drug-likeness (QED) is 0.536. The van der Waals surface area contributed by atoms with Crippen molar-refractivity contribution in [2.24, 2.45) is 0 Å². The van der Waals surface area contributed by atoms with Crippen LogP contribution in [-0.2, 0) is 4.74 Å². The molecule has 0 saturated heterocycles. The van der Waals surface area contributed by atoms with Gasteiger partial charge in [-0.2, -0.15) is 13.2 Å². The van der Waals surface area contributed by atoms with E-state index >= 15 is 0 Å². The third-order valence-corrected chi connectivity index (χ3v) is 1.70. The molecule has 0 aliphatic carbocycles. The van der Waals surface area contributed by atoms with Crippen molar-refractivity contribution in [2.45, 2.75) is 6.18 Å². The van der Waals surface area contributed by atoms with Crippen LogP contribution in [0.5, 0.6) is 0 Å². The minimum absolute atomic E-state index is 0.114. The van der Waals surface area contributed by atoms with Crippen molar-refractivity contribution >= 4 is 15.9 Å². The van der Waals surface area contributed by atoms with Gasteiger partial charge in [0.2, 0.25) is 0 Å². The van der Waals surface area contributed by atoms with E-state index in [2.05, 4.69) is 20.7 Å². The highest BCUT2D eigenvalue weighted by Gasteiger charge is 2.27. The molecule has 2 nitrogen and oxygen atoms in total. The zero-order valence-corrected chi connectivity index (χ0v) is 8.99. The van der Waals surface area contributed by atoms with Gasteiger partial charge in [-0.1, -0.05) is 15.9 Å². The Morgan fingerprint density at radius 3 is 2.38 bits per heavy atom. The van der Waals surface area contributed by atoms with Crippen molar-refractivity contribution in [3.63, 3.8) is 0 Å². The molecule has 0 aliphatic rings. The van der Waals surface area contributed by atoms with Gasteiger partial charge in [-0.05, 0) is 7.05 Å². The number of ether oxygens (including phenoxy) is 1. The van der Waals surface area contributed by atoms with Crippen LogP contribution in [0.25, 0.3) is 0 Å². The number of alkyl halides is 4. The summed E-state index contributed by atoms with van der Waals surface area (Å²) in [4.78, 5) is 1.89. The smallest absolute Gasteiger partial charge is 0.371 e. The molecule has 6 heteroatoms. The van der Waals surface area contributed by atoms with Crippen LogP contribution < -0.4 is 0 Å². The Morgan fingerprint density at radius 2 is 1.92 bits per heavy atom. The standard InChI is InChI=1S/C7H13BrF3NO/c1-12(3-2-8)4-5-13-6-7(9,10)11/h2-6H2,1H3. The third kappa shape index (κ3) is 10.1. The number of likely N-dealkylation sites (N-methyl/N-ethyl adjacent to an activating group) is 1. The van der Waals surface area contributed by atoms with E-state index in [0.717, 1.165) is 11.9 Å². The van der Waals surface area contributed by atoms with E-state index in [0.29, 0.717) is 6.54 Å². The number of hydrogen-bond donors (Lipinski definition) is 0. The summed E-state index contributed by atoms with van der Waals surface area (Å²) in [6.07, 6.45) is -4.21. The second kappa shape index (κ2) is 6.62. The van der Waals surface area contributed by atoms with Crippen LogP contribution in [0.3, 0.4) is 0 Å². The minimum atomic E-state index is -4.21. The maximum atomic E-state index is 11.6. The molecule has 0 spiro atoms. The largest absolute Gasteiger partial charge is 0.411 e. The van der Waals surface area contributed by atoms with Crippen LogP contribution in [0.2, 0.25) is 0 Å². The van der Waals surface area contributed by atoms with E-state index in [1.165, 1.54) is 0 Å². The Hall–Kier alpha value is 0.190. The molecule has 0 aromatic rings. The molecule has 0 amide bonds. The van der Waals surface area contributed by atoms with E-state index in [9.17, 15) is 13.2 Å². The van der Waals surface area contributed by atoms with Crippen LogP contribution in [-0.4, -0.2) is 49.8 Å². The maximum absolute atomic E-state index is 11.6. The lowest BCUT2D eigenvalue weighted by Crippen LogP contribution is -2.27. The summed E-state index contributed by atoms with van der Waals surface area (Å²) in [5.41, 5.74) is 0. The number of hydrogen-bond acceptors (Lipinski definition) is 2. The maximum Gasteiger partial charge on any atom is 0.411 e. The van der Waals surface area contributed by atoms with Gasteiger partial charge in [0, 0.05) is 18.4 Å². The summed E-state index contributed by atoms with van der Waals surface area (Å²) >= 11 is 3.23. The zero-order chi connectivity index (χ0) is 10.3. The molecule has 0 saturated carbocycles. The molecule has 0 aromatic carbocycles. The van der Waals surface area contributed by atoms with Gasteiger partial charge >= 0.3 is 6.18 Å². The summed E-state index contributed by atoms with van der Waals surface area (Å²) in [7, 11) is 1.83. The van der Waals surface area contributed by atoms with Gasteiger partial charge in [-0.15, -0.1) is 0 Å². The SMILES string of the molecule is CN(CCBr)CCOCC(F)(F)F. The average molecular weight is 264 g/mol. The summed E-state index contributed by atoms with van der Waals surface area (Å²) in [6, 6.07) is 0. The highest BCUT2D eigenvalue weighted by molar-refractivity contribution is 9.09. The van der Waals surface area contributed by atoms with E-state index in [1.807, 2.05) is 11.9 Å². The lowest BCUT2D eigenvalue weighted by Gasteiger charge is -2.15. The molecule has 80 valence electrons. The Bertz CT molecular complexity index is 131. The normalized spacial score (nSPS) is 12.5. The second-order valence-corrected chi connectivity index (χ2v) is 3.45. The summed E-state index contributed by atoms with van der Waals surface area (Å²) in [5.74, 6) is 0. The fourth-order valence-corrected chi connectivity index (χ4v) is 1.27. The predicted molar refractivity (Wildman–Crippen MR) is 48.2 cm³/mol. The first kappa shape index (κ1) is 13.2. The third-order valence-electron chi connectivity index (χ3n) is 1.35. The average Bonchev–Trinajstić information content (AvgIpc) is 1.97. The monoisotopic (exact) mass is 263 g/mol. The highest BCUT2D eigenvalue weighted by Crippen LogP contribution is 2.14. The Labute approximate surface area is 84.2 Å². The van der Waals surface area contributed by atoms with E-state index in [-0.39, 0.29) is 6.61 Å². The summed E-state index contributed by atoms with van der Waals surface area (Å²) in [6.45, 7) is 0.273. The van der Waals surface area contributed by atoms with Crippen LogP contribution in [0.4, 0.5) is 13.2 Å². The molecule has 0 atom stereocenters. The van der Waals surface area contributed by atoms with Gasteiger partial charge in [0.05, 0.1) is 6.61 Å². The van der Waals surface area contributed by atoms with Crippen LogP contribution in [0.15, 0.2) is 0 Å². The molecule has 0 aromatic heterocycles. The summed E-state index contributed by atoms with van der Waals surface area (Å²) in [5, 5.41) is 0.808. The first-order chi connectivity index (χ1) is 5.95. The molecule has 0 N–H and O–H groups in total. The molecule has 0 unspecified atom stereocenters. The fraction of sp³-hybridized carbons (Fsp3) is 1.00. The van der Waals surface area contributed by atoms with Gasteiger partial charge < -0.3 is 9.64 Å². The first-order valence-corrected chi connectivity index (χ1v) is 4.97. The summed E-state index contributed by atoms with van der Waals surface area (Å²) < 4.78 is 39.2. The second-order valence-electron chi connectivity index (χ2n) is 2.66. The van der Waals surface area contributed by atoms with Gasteiger partial charge in [0.1, 0.15) is 6.61 Å². The lowest BCUT2D eigenvalue weighted by atomic mass is 10.5. The van der Waals surface area contributed by atoms with Crippen molar-refractivity contribution in [3.8, 4) is 0 Å². The van der Waals surface area contributed by atoms with E-state index < -0.39 is 12.8 Å². The predicted octanol–water partition coefficient (Wildman–Crippen LogP) is 1.89. The van der Waals surface area contributed by atoms with Crippen LogP contribution in [0.1, 0.15) is 0 Å². The molecule has 0 radical (unpaired) electrons. The molecule has 13 heavy (non-hydrogen) atoms. The van der Waals surface area contributed by atoms with Crippen molar-refractivity contribution in [1.82, 2.24) is 4.90 Å². The molecular formula is C7H13BrF3NO. The van der Waals surface area contributed by atoms with Gasteiger partial charge in [0.15, 0.2) is 0 Å². The Kier molecular flexibility index (Phi) is 6.71. The van der Waals surface area contributed by atoms with E-state index in [4.69, 9.17) is 0 Å². The van der Waals surface area contributed by atoms with Gasteiger partial charge in [-0.25, -0.2) is 0 Å². The first-order valence-electron chi connectivity index (χ1n) is 3.84. The van der Waals surface area contributed by atoms with Crippen LogP contribution in [0, 0.1) is 0 Å². The molecule has 0 fully saturated rings. The molecule has 0 aliphatic heterocycles. The highest BCUT2D eigenvalue weighted by atomic mass is 79.9. The minimum Gasteiger partial charge on any atom is -0.371 e. The topological polar surface area (TPSA) is 12.5 Å². The van der Waals surface area contributed by atoms with Gasteiger partial charge in [-0.3, -0.25) is 0 Å². The molecule has 0 rings (SSSR count). The zero-order valence-electron chi connectivity index (χ0n) is 7.40. The molecule has 0 bridgehead atoms. The van der Waals surface area contributed by atoms with Crippen molar-refractivity contribution < 1.29 is 17.9 Å². The Morgan fingerprint density at radius 1 is 1.31 bits per heavy atom. The molecular weight excluding hydrogens is 251 g/mol. The molecule has 0 heterocycles.